The van der Waals surface area contributed by atoms with E-state index in [1.165, 1.54) is 18.3 Å². The van der Waals surface area contributed by atoms with Crippen molar-refractivity contribution in [1.29, 1.82) is 5.26 Å². The predicted molar refractivity (Wildman–Crippen MR) is 107 cm³/mol. The van der Waals surface area contributed by atoms with Crippen LogP contribution in [0.3, 0.4) is 0 Å². The van der Waals surface area contributed by atoms with Crippen LogP contribution in [0.2, 0.25) is 0 Å². The van der Waals surface area contributed by atoms with Gasteiger partial charge in [-0.2, -0.15) is 5.26 Å². The Morgan fingerprint density at radius 2 is 1.59 bits per heavy atom. The number of furan rings is 2. The summed E-state index contributed by atoms with van der Waals surface area (Å²) in [4.78, 5) is 14.3. The summed E-state index contributed by atoms with van der Waals surface area (Å²) in [5, 5.41) is 20.6. The van der Waals surface area contributed by atoms with Crippen LogP contribution in [0, 0.1) is 21.4 Å². The Kier molecular flexibility index (Phi) is 4.74. The zero-order valence-electron chi connectivity index (χ0n) is 15.0. The van der Waals surface area contributed by atoms with Crippen molar-refractivity contribution in [2.24, 2.45) is 4.99 Å². The number of nitro groups is 1. The number of nitriles is 1. The number of nitrogens with zero attached hydrogens (tertiary/aromatic N) is 3. The summed E-state index contributed by atoms with van der Waals surface area (Å²) in [5.41, 5.74) is 2.53. The molecule has 0 saturated carbocycles. The second-order valence-corrected chi connectivity index (χ2v) is 6.02. The molecule has 7 nitrogen and oxygen atoms in total. The van der Waals surface area contributed by atoms with Gasteiger partial charge in [0.05, 0.1) is 12.3 Å². The molecule has 0 radical (unpaired) electrons. The standard InChI is InChI=1S/C22H13N3O4/c23-13-18-20(15-7-3-1-4-8-15)21(16-9-5-2-6-10-16)29-22(18)24-14-17-11-12-19(28-17)25(26)27/h1-12,14H/b24-14+. The SMILES string of the molecule is N#Cc1c(/N=C/c2ccc([N+](=O)[O-])o2)oc(-c2ccccc2)c1-c1ccccc1. The molecule has 2 aromatic carbocycles. The Morgan fingerprint density at radius 3 is 2.17 bits per heavy atom. The molecule has 140 valence electrons. The van der Waals surface area contributed by atoms with Crippen LogP contribution < -0.4 is 0 Å². The molecule has 0 N–H and O–H groups in total. The lowest BCUT2D eigenvalue weighted by Crippen LogP contribution is -1.83. The van der Waals surface area contributed by atoms with E-state index < -0.39 is 4.92 Å². The fraction of sp³-hybridized carbons (Fsp3) is 0. The molecule has 0 aliphatic carbocycles. The van der Waals surface area contributed by atoms with Crippen molar-refractivity contribution >= 4 is 18.0 Å². The molecule has 0 amide bonds. The van der Waals surface area contributed by atoms with E-state index in [1.54, 1.807) is 0 Å². The molecule has 0 aliphatic heterocycles. The maximum Gasteiger partial charge on any atom is 0.433 e. The first-order valence-corrected chi connectivity index (χ1v) is 8.63. The van der Waals surface area contributed by atoms with Crippen LogP contribution in [-0.2, 0) is 0 Å². The molecule has 4 aromatic rings. The van der Waals surface area contributed by atoms with E-state index >= 15 is 0 Å². The third-order valence-corrected chi connectivity index (χ3v) is 4.20. The van der Waals surface area contributed by atoms with Gasteiger partial charge in [-0.1, -0.05) is 60.7 Å². The lowest BCUT2D eigenvalue weighted by molar-refractivity contribution is -0.402. The Morgan fingerprint density at radius 1 is 0.931 bits per heavy atom. The van der Waals surface area contributed by atoms with Crippen LogP contribution in [0.15, 0.2) is 86.6 Å². The minimum atomic E-state index is -0.633. The zero-order valence-corrected chi connectivity index (χ0v) is 15.0. The van der Waals surface area contributed by atoms with Crippen molar-refractivity contribution in [3.63, 3.8) is 0 Å². The van der Waals surface area contributed by atoms with Gasteiger partial charge >= 0.3 is 5.88 Å². The first kappa shape index (κ1) is 17.9. The van der Waals surface area contributed by atoms with Crippen molar-refractivity contribution < 1.29 is 13.8 Å². The molecule has 0 atom stereocenters. The lowest BCUT2D eigenvalue weighted by atomic mass is 9.98. The lowest BCUT2D eigenvalue weighted by Gasteiger charge is -2.03. The van der Waals surface area contributed by atoms with Crippen molar-refractivity contribution in [3.8, 4) is 28.5 Å². The average molecular weight is 383 g/mol. The van der Waals surface area contributed by atoms with Crippen molar-refractivity contribution in [3.05, 3.63) is 94.2 Å². The van der Waals surface area contributed by atoms with E-state index in [2.05, 4.69) is 11.1 Å². The normalized spacial score (nSPS) is 10.9. The predicted octanol–water partition coefficient (Wildman–Crippen LogP) is 5.74. The highest BCUT2D eigenvalue weighted by molar-refractivity contribution is 5.89. The van der Waals surface area contributed by atoms with Gasteiger partial charge < -0.3 is 8.83 Å². The zero-order chi connectivity index (χ0) is 20.2. The maximum absolute atomic E-state index is 10.8. The van der Waals surface area contributed by atoms with E-state index in [1.807, 2.05) is 60.7 Å². The summed E-state index contributed by atoms with van der Waals surface area (Å²) >= 11 is 0. The summed E-state index contributed by atoms with van der Waals surface area (Å²) in [6.07, 6.45) is 1.29. The minimum Gasteiger partial charge on any atom is -0.436 e. The van der Waals surface area contributed by atoms with Crippen LogP contribution in [0.1, 0.15) is 11.3 Å². The monoisotopic (exact) mass is 383 g/mol. The Hall–Kier alpha value is -4.44. The van der Waals surface area contributed by atoms with E-state index in [0.29, 0.717) is 11.3 Å². The molecule has 29 heavy (non-hydrogen) atoms. The van der Waals surface area contributed by atoms with Crippen LogP contribution in [-0.4, -0.2) is 11.1 Å². The Balaban J connectivity index is 1.84. The van der Waals surface area contributed by atoms with Crippen molar-refractivity contribution in [2.45, 2.75) is 0 Å². The minimum absolute atomic E-state index is 0.101. The molecule has 0 spiro atoms. The quantitative estimate of drug-likeness (QED) is 0.248. The van der Waals surface area contributed by atoms with E-state index in [-0.39, 0.29) is 23.1 Å². The summed E-state index contributed by atoms with van der Waals surface area (Å²) in [7, 11) is 0. The fourth-order valence-electron chi connectivity index (χ4n) is 2.92. The second kappa shape index (κ2) is 7.66. The molecule has 2 heterocycles. The Bertz CT molecular complexity index is 1230. The molecule has 0 fully saturated rings. The molecule has 0 unspecified atom stereocenters. The third kappa shape index (κ3) is 3.55. The van der Waals surface area contributed by atoms with Gasteiger partial charge in [-0.25, -0.2) is 4.99 Å². The third-order valence-electron chi connectivity index (χ3n) is 4.20. The van der Waals surface area contributed by atoms with Crippen LogP contribution >= 0.6 is 0 Å². The van der Waals surface area contributed by atoms with Gasteiger partial charge in [-0.05, 0) is 11.6 Å². The molecule has 0 bridgehead atoms. The summed E-state index contributed by atoms with van der Waals surface area (Å²) in [5.74, 6) is 0.413. The number of aliphatic imine (C=N–C) groups is 1. The first-order chi connectivity index (χ1) is 14.2. The molecule has 7 heteroatoms. The van der Waals surface area contributed by atoms with Gasteiger partial charge in [0.1, 0.15) is 22.3 Å². The van der Waals surface area contributed by atoms with E-state index in [9.17, 15) is 15.4 Å². The Labute approximate surface area is 165 Å². The smallest absolute Gasteiger partial charge is 0.433 e. The van der Waals surface area contributed by atoms with Crippen LogP contribution in [0.25, 0.3) is 22.5 Å². The number of benzene rings is 2. The van der Waals surface area contributed by atoms with Gasteiger partial charge in [0.15, 0.2) is 5.76 Å². The molecular weight excluding hydrogens is 370 g/mol. The van der Waals surface area contributed by atoms with Gasteiger partial charge in [-0.3, -0.25) is 10.1 Å². The highest BCUT2D eigenvalue weighted by atomic mass is 16.6. The largest absolute Gasteiger partial charge is 0.436 e. The van der Waals surface area contributed by atoms with Crippen LogP contribution in [0.4, 0.5) is 11.8 Å². The number of rotatable bonds is 5. The van der Waals surface area contributed by atoms with Crippen molar-refractivity contribution in [2.75, 3.05) is 0 Å². The second-order valence-electron chi connectivity index (χ2n) is 6.02. The number of hydrogen-bond acceptors (Lipinski definition) is 6. The van der Waals surface area contributed by atoms with Gasteiger partial charge in [0.2, 0.25) is 5.88 Å². The topological polar surface area (TPSA) is 106 Å². The molecule has 0 aliphatic rings. The van der Waals surface area contributed by atoms with Gasteiger partial charge in [0, 0.05) is 11.1 Å². The summed E-state index contributed by atoms with van der Waals surface area (Å²) in [6, 6.07) is 23.7. The van der Waals surface area contributed by atoms with Gasteiger partial charge in [0.25, 0.3) is 0 Å². The number of hydrogen-bond donors (Lipinski definition) is 0. The van der Waals surface area contributed by atoms with E-state index in [0.717, 1.165) is 11.1 Å². The molecule has 0 saturated heterocycles. The molecule has 2 aromatic heterocycles. The molecule has 4 rings (SSSR count). The van der Waals surface area contributed by atoms with Gasteiger partial charge in [-0.15, -0.1) is 0 Å². The fourth-order valence-corrected chi connectivity index (χ4v) is 2.92. The summed E-state index contributed by atoms with van der Waals surface area (Å²) < 4.78 is 11.0. The maximum atomic E-state index is 10.8. The molecular formula is C22H13N3O4. The van der Waals surface area contributed by atoms with E-state index in [4.69, 9.17) is 8.83 Å². The summed E-state index contributed by atoms with van der Waals surface area (Å²) in [6.45, 7) is 0. The average Bonchev–Trinajstić information content (AvgIpc) is 3.38. The van der Waals surface area contributed by atoms with Crippen LogP contribution in [0.5, 0.6) is 0 Å². The first-order valence-electron chi connectivity index (χ1n) is 8.63. The highest BCUT2D eigenvalue weighted by Gasteiger charge is 2.22. The highest BCUT2D eigenvalue weighted by Crippen LogP contribution is 2.42. The van der Waals surface area contributed by atoms with Crippen molar-refractivity contribution in [1.82, 2.24) is 0 Å².